The maximum atomic E-state index is 11.0. The second-order valence-corrected chi connectivity index (χ2v) is 5.07. The van der Waals surface area contributed by atoms with E-state index in [1.54, 1.807) is 11.3 Å². The molecular weight excluding hydrogens is 246 g/mol. The Morgan fingerprint density at radius 1 is 1.44 bits per heavy atom. The van der Waals surface area contributed by atoms with Gasteiger partial charge in [-0.3, -0.25) is 4.79 Å². The largest absolute Gasteiger partial charge is 0.379 e. The Kier molecular flexibility index (Phi) is 3.94. The molecule has 0 aliphatic rings. The lowest BCUT2D eigenvalue weighted by molar-refractivity contribution is -0.117. The predicted molar refractivity (Wildman–Crippen MR) is 73.5 cm³/mol. The van der Waals surface area contributed by atoms with Gasteiger partial charge in [0.05, 0.1) is 23.7 Å². The summed E-state index contributed by atoms with van der Waals surface area (Å²) >= 11 is 1.63. The quantitative estimate of drug-likeness (QED) is 0.866. The van der Waals surface area contributed by atoms with Gasteiger partial charge in [0.2, 0.25) is 5.91 Å². The van der Waals surface area contributed by atoms with E-state index in [2.05, 4.69) is 10.3 Å². The Bertz CT molecular complexity index is 551. The van der Waals surface area contributed by atoms with Crippen LogP contribution in [-0.4, -0.2) is 10.9 Å². The van der Waals surface area contributed by atoms with Crippen LogP contribution >= 0.6 is 11.3 Å². The number of nitrogens with two attached hydrogens (primary N) is 1. The van der Waals surface area contributed by atoms with E-state index in [0.717, 1.165) is 22.0 Å². The van der Waals surface area contributed by atoms with Crippen molar-refractivity contribution < 1.29 is 4.79 Å². The smallest absolute Gasteiger partial charge is 0.221 e. The van der Waals surface area contributed by atoms with Gasteiger partial charge in [0.25, 0.3) is 0 Å². The van der Waals surface area contributed by atoms with Crippen LogP contribution in [0.1, 0.15) is 16.3 Å². The summed E-state index contributed by atoms with van der Waals surface area (Å²) in [6, 6.07) is 7.67. The number of hydrogen-bond donors (Lipinski definition) is 2. The van der Waals surface area contributed by atoms with Gasteiger partial charge >= 0.3 is 0 Å². The number of nitrogens with zero attached hydrogens (tertiary/aromatic N) is 1. The summed E-state index contributed by atoms with van der Waals surface area (Å²) in [5.41, 5.74) is 8.08. The van der Waals surface area contributed by atoms with Crippen molar-refractivity contribution in [2.24, 2.45) is 5.73 Å². The summed E-state index contributed by atoms with van der Waals surface area (Å²) in [6.07, 6.45) is 0.249. The molecule has 1 aromatic carbocycles. The molecule has 1 amide bonds. The van der Waals surface area contributed by atoms with Crippen LogP contribution in [0.4, 0.5) is 5.69 Å². The number of hydrogen-bond acceptors (Lipinski definition) is 4. The second kappa shape index (κ2) is 5.64. The van der Waals surface area contributed by atoms with Crippen LogP contribution in [0.25, 0.3) is 0 Å². The lowest BCUT2D eigenvalue weighted by atomic mass is 10.1. The molecule has 0 spiro atoms. The first-order valence-corrected chi connectivity index (χ1v) is 6.54. The third-order valence-corrected chi connectivity index (χ3v) is 3.33. The fourth-order valence-corrected chi connectivity index (χ4v) is 2.32. The van der Waals surface area contributed by atoms with Crippen molar-refractivity contribution in [3.05, 3.63) is 45.9 Å². The van der Waals surface area contributed by atoms with Crippen LogP contribution in [0.2, 0.25) is 0 Å². The molecule has 2 aromatic rings. The second-order valence-electron chi connectivity index (χ2n) is 4.01. The number of amides is 1. The maximum absolute atomic E-state index is 11.0. The monoisotopic (exact) mass is 261 g/mol. The van der Waals surface area contributed by atoms with Gasteiger partial charge in [0, 0.05) is 11.1 Å². The van der Waals surface area contributed by atoms with Gasteiger partial charge in [-0.2, -0.15) is 0 Å². The Labute approximate surface area is 110 Å². The van der Waals surface area contributed by atoms with Crippen molar-refractivity contribution >= 4 is 22.9 Å². The highest BCUT2D eigenvalue weighted by Crippen LogP contribution is 2.17. The third kappa shape index (κ3) is 3.30. The number of benzene rings is 1. The van der Waals surface area contributed by atoms with Gasteiger partial charge in [-0.25, -0.2) is 4.98 Å². The molecular formula is C13H15N3OS. The number of primary amides is 1. The summed E-state index contributed by atoms with van der Waals surface area (Å²) in [5.74, 6) is -0.325. The SMILES string of the molecule is Cc1nc(CNc2ccccc2CC(N)=O)cs1. The first-order valence-electron chi connectivity index (χ1n) is 5.66. The number of anilines is 1. The fraction of sp³-hybridized carbons (Fsp3) is 0.231. The number of aromatic nitrogens is 1. The summed E-state index contributed by atoms with van der Waals surface area (Å²) < 4.78 is 0. The summed E-state index contributed by atoms with van der Waals surface area (Å²) in [5, 5.41) is 6.36. The predicted octanol–water partition coefficient (Wildman–Crippen LogP) is 2.09. The van der Waals surface area contributed by atoms with Crippen molar-refractivity contribution in [2.45, 2.75) is 19.9 Å². The van der Waals surface area contributed by atoms with Crippen LogP contribution in [0.3, 0.4) is 0 Å². The Morgan fingerprint density at radius 3 is 2.89 bits per heavy atom. The zero-order valence-electron chi connectivity index (χ0n) is 10.1. The molecule has 0 unspecified atom stereocenters. The molecule has 0 aliphatic carbocycles. The van der Waals surface area contributed by atoms with Crippen LogP contribution < -0.4 is 11.1 Å². The third-order valence-electron chi connectivity index (χ3n) is 2.51. The van der Waals surface area contributed by atoms with Crippen LogP contribution in [0.5, 0.6) is 0 Å². The lowest BCUT2D eigenvalue weighted by Crippen LogP contribution is -2.15. The van der Waals surface area contributed by atoms with E-state index in [4.69, 9.17) is 5.73 Å². The fourth-order valence-electron chi connectivity index (χ4n) is 1.71. The summed E-state index contributed by atoms with van der Waals surface area (Å²) in [7, 11) is 0. The van der Waals surface area contributed by atoms with Crippen LogP contribution in [0.15, 0.2) is 29.6 Å². The highest BCUT2D eigenvalue weighted by molar-refractivity contribution is 7.09. The number of carbonyl (C=O) groups is 1. The van der Waals surface area contributed by atoms with Gasteiger partial charge in [-0.1, -0.05) is 18.2 Å². The molecule has 1 aromatic heterocycles. The van der Waals surface area contributed by atoms with E-state index in [0.29, 0.717) is 6.54 Å². The first-order chi connectivity index (χ1) is 8.65. The molecule has 3 N–H and O–H groups in total. The Hall–Kier alpha value is -1.88. The van der Waals surface area contributed by atoms with E-state index in [1.165, 1.54) is 0 Å². The highest BCUT2D eigenvalue weighted by Gasteiger charge is 2.05. The zero-order chi connectivity index (χ0) is 13.0. The summed E-state index contributed by atoms with van der Waals surface area (Å²) in [6.45, 7) is 2.63. The lowest BCUT2D eigenvalue weighted by Gasteiger charge is -2.09. The minimum absolute atomic E-state index is 0.249. The minimum atomic E-state index is -0.325. The van der Waals surface area contributed by atoms with E-state index in [1.807, 2.05) is 36.6 Å². The molecule has 0 saturated heterocycles. The standard InChI is InChI=1S/C13H15N3OS/c1-9-16-11(8-18-9)7-15-12-5-3-2-4-10(12)6-13(14)17/h2-5,8,15H,6-7H2,1H3,(H2,14,17). The van der Waals surface area contributed by atoms with Gasteiger partial charge in [-0.15, -0.1) is 11.3 Å². The number of nitrogens with one attached hydrogen (secondary N) is 1. The number of aryl methyl sites for hydroxylation is 1. The van der Waals surface area contributed by atoms with Gasteiger partial charge in [-0.05, 0) is 18.6 Å². The van der Waals surface area contributed by atoms with E-state index in [-0.39, 0.29) is 12.3 Å². The van der Waals surface area contributed by atoms with Gasteiger partial charge in [0.1, 0.15) is 0 Å². The molecule has 0 aliphatic heterocycles. The average molecular weight is 261 g/mol. The average Bonchev–Trinajstić information content (AvgIpc) is 2.73. The van der Waals surface area contributed by atoms with Gasteiger partial charge < -0.3 is 11.1 Å². The summed E-state index contributed by atoms with van der Waals surface area (Å²) in [4.78, 5) is 15.4. The molecule has 0 radical (unpaired) electrons. The zero-order valence-corrected chi connectivity index (χ0v) is 11.0. The topological polar surface area (TPSA) is 68.0 Å². The highest BCUT2D eigenvalue weighted by atomic mass is 32.1. The molecule has 0 bridgehead atoms. The van der Waals surface area contributed by atoms with Gasteiger partial charge in [0.15, 0.2) is 0 Å². The minimum Gasteiger partial charge on any atom is -0.379 e. The molecule has 0 atom stereocenters. The van der Waals surface area contributed by atoms with E-state index in [9.17, 15) is 4.79 Å². The van der Waals surface area contributed by atoms with Crippen molar-refractivity contribution in [1.82, 2.24) is 4.98 Å². The maximum Gasteiger partial charge on any atom is 0.221 e. The molecule has 1 heterocycles. The van der Waals surface area contributed by atoms with Crippen molar-refractivity contribution in [1.29, 1.82) is 0 Å². The number of rotatable bonds is 5. The van der Waals surface area contributed by atoms with E-state index >= 15 is 0 Å². The van der Waals surface area contributed by atoms with Crippen LogP contribution in [0, 0.1) is 6.92 Å². The number of para-hydroxylation sites is 1. The first kappa shape index (κ1) is 12.6. The molecule has 0 saturated carbocycles. The van der Waals surface area contributed by atoms with Crippen molar-refractivity contribution in [3.8, 4) is 0 Å². The van der Waals surface area contributed by atoms with Crippen molar-refractivity contribution in [2.75, 3.05) is 5.32 Å². The van der Waals surface area contributed by atoms with Crippen LogP contribution in [-0.2, 0) is 17.8 Å². The molecule has 18 heavy (non-hydrogen) atoms. The molecule has 0 fully saturated rings. The molecule has 5 heteroatoms. The van der Waals surface area contributed by atoms with E-state index < -0.39 is 0 Å². The normalized spacial score (nSPS) is 10.3. The molecule has 4 nitrogen and oxygen atoms in total. The molecule has 2 rings (SSSR count). The number of thiazole rings is 1. The Morgan fingerprint density at radius 2 is 2.22 bits per heavy atom. The number of carbonyl (C=O) groups excluding carboxylic acids is 1. The van der Waals surface area contributed by atoms with Crippen molar-refractivity contribution in [3.63, 3.8) is 0 Å². The Balaban J connectivity index is 2.06. The molecule has 94 valence electrons.